The normalized spacial score (nSPS) is 12.2. The molecule has 0 spiro atoms. The predicted octanol–water partition coefficient (Wildman–Crippen LogP) is 2.06. The lowest BCUT2D eigenvalue weighted by atomic mass is 10.2. The second kappa shape index (κ2) is 6.83. The summed E-state index contributed by atoms with van der Waals surface area (Å²) in [5, 5.41) is 3.01. The molecule has 1 heterocycles. The molecule has 0 unspecified atom stereocenters. The van der Waals surface area contributed by atoms with Crippen molar-refractivity contribution in [2.75, 3.05) is 17.3 Å². The van der Waals surface area contributed by atoms with Gasteiger partial charge in [0.2, 0.25) is 5.91 Å². The van der Waals surface area contributed by atoms with E-state index in [1.807, 2.05) is 13.2 Å². The van der Waals surface area contributed by atoms with Gasteiger partial charge in [0, 0.05) is 6.20 Å². The summed E-state index contributed by atoms with van der Waals surface area (Å²) in [6.07, 6.45) is 4.22. The van der Waals surface area contributed by atoms with Gasteiger partial charge < -0.3 is 11.1 Å². The number of nitrogens with one attached hydrogen (secondary N) is 1. The monoisotopic (exact) mass is 273 g/mol. The first kappa shape index (κ1) is 14.3. The Morgan fingerprint density at radius 2 is 2.41 bits per heavy atom. The summed E-state index contributed by atoms with van der Waals surface area (Å²) in [7, 11) is 0. The zero-order valence-electron chi connectivity index (χ0n) is 9.87. The molecule has 17 heavy (non-hydrogen) atoms. The highest BCUT2D eigenvalue weighted by Gasteiger charge is 2.15. The average Bonchev–Trinajstić information content (AvgIpc) is 2.30. The summed E-state index contributed by atoms with van der Waals surface area (Å²) in [6, 6.07) is 1.27. The number of hydrogen-bond acceptors (Lipinski definition) is 4. The first-order chi connectivity index (χ1) is 8.06. The second-order valence-electron chi connectivity index (χ2n) is 3.67. The van der Waals surface area contributed by atoms with Crippen molar-refractivity contribution in [2.45, 2.75) is 19.4 Å². The highest BCUT2D eigenvalue weighted by atomic mass is 35.5. The Kier molecular flexibility index (Phi) is 5.74. The molecule has 6 heteroatoms. The zero-order chi connectivity index (χ0) is 12.8. The number of aryl methyl sites for hydroxylation is 1. The van der Waals surface area contributed by atoms with E-state index >= 15 is 0 Å². The van der Waals surface area contributed by atoms with Crippen LogP contribution in [0.2, 0.25) is 5.15 Å². The van der Waals surface area contributed by atoms with Gasteiger partial charge in [-0.05, 0) is 37.0 Å². The van der Waals surface area contributed by atoms with E-state index in [4.69, 9.17) is 17.3 Å². The fourth-order valence-corrected chi connectivity index (χ4v) is 2.01. The zero-order valence-corrected chi connectivity index (χ0v) is 11.4. The Hall–Kier alpha value is -0.780. The minimum absolute atomic E-state index is 0.225. The van der Waals surface area contributed by atoms with E-state index < -0.39 is 6.04 Å². The maximum atomic E-state index is 11.8. The molecule has 0 aliphatic heterocycles. The predicted molar refractivity (Wildman–Crippen MR) is 73.6 cm³/mol. The van der Waals surface area contributed by atoms with Gasteiger partial charge in [-0.1, -0.05) is 11.6 Å². The minimum atomic E-state index is -0.516. The molecule has 0 aliphatic carbocycles. The Bertz CT molecular complexity index is 380. The molecule has 1 atom stereocenters. The molecule has 1 aromatic rings. The SMILES string of the molecule is CSCC[C@@H](N)C(=O)Nc1c(C)ccnc1Cl. The lowest BCUT2D eigenvalue weighted by Crippen LogP contribution is -2.36. The van der Waals surface area contributed by atoms with Gasteiger partial charge in [0.25, 0.3) is 0 Å². The molecule has 1 aromatic heterocycles. The van der Waals surface area contributed by atoms with Crippen molar-refractivity contribution in [1.82, 2.24) is 4.98 Å². The molecule has 3 N–H and O–H groups in total. The van der Waals surface area contributed by atoms with Crippen LogP contribution in [0.3, 0.4) is 0 Å². The molecule has 1 amide bonds. The number of rotatable bonds is 5. The third-order valence-electron chi connectivity index (χ3n) is 2.33. The number of anilines is 1. The summed E-state index contributed by atoms with van der Waals surface area (Å²) < 4.78 is 0. The lowest BCUT2D eigenvalue weighted by molar-refractivity contribution is -0.117. The van der Waals surface area contributed by atoms with Gasteiger partial charge in [0.05, 0.1) is 11.7 Å². The van der Waals surface area contributed by atoms with Gasteiger partial charge in [-0.3, -0.25) is 4.79 Å². The average molecular weight is 274 g/mol. The van der Waals surface area contributed by atoms with Gasteiger partial charge >= 0.3 is 0 Å². The first-order valence-corrected chi connectivity index (χ1v) is 7.00. The first-order valence-electron chi connectivity index (χ1n) is 5.22. The van der Waals surface area contributed by atoms with Crippen molar-refractivity contribution in [1.29, 1.82) is 0 Å². The van der Waals surface area contributed by atoms with Crippen LogP contribution in [0, 0.1) is 6.92 Å². The van der Waals surface area contributed by atoms with Crippen molar-refractivity contribution < 1.29 is 4.79 Å². The molecule has 0 saturated heterocycles. The summed E-state index contributed by atoms with van der Waals surface area (Å²) in [4.78, 5) is 15.7. The molecule has 0 saturated carbocycles. The van der Waals surface area contributed by atoms with Gasteiger partial charge in [0.15, 0.2) is 5.15 Å². The van der Waals surface area contributed by atoms with Crippen molar-refractivity contribution >= 4 is 35.0 Å². The van der Waals surface area contributed by atoms with Crippen LogP contribution in [0.15, 0.2) is 12.3 Å². The van der Waals surface area contributed by atoms with Crippen molar-refractivity contribution in [2.24, 2.45) is 5.73 Å². The van der Waals surface area contributed by atoms with Crippen molar-refractivity contribution in [3.05, 3.63) is 23.0 Å². The lowest BCUT2D eigenvalue weighted by Gasteiger charge is -2.13. The van der Waals surface area contributed by atoms with Crippen LogP contribution < -0.4 is 11.1 Å². The molecule has 0 aliphatic rings. The number of carbonyl (C=O) groups is 1. The van der Waals surface area contributed by atoms with E-state index in [2.05, 4.69) is 10.3 Å². The van der Waals surface area contributed by atoms with E-state index in [0.717, 1.165) is 11.3 Å². The van der Waals surface area contributed by atoms with E-state index in [1.165, 1.54) is 0 Å². The summed E-state index contributed by atoms with van der Waals surface area (Å²) in [5.41, 5.74) is 7.17. The Balaban J connectivity index is 2.68. The standard InChI is InChI=1S/C11H16ClN3OS/c1-7-3-5-14-10(12)9(7)15-11(16)8(13)4-6-17-2/h3,5,8H,4,6,13H2,1-2H3,(H,15,16)/t8-/m1/s1. The largest absolute Gasteiger partial charge is 0.322 e. The van der Waals surface area contributed by atoms with Crippen LogP contribution in [0.4, 0.5) is 5.69 Å². The molecule has 0 bridgehead atoms. The smallest absolute Gasteiger partial charge is 0.241 e. The summed E-state index contributed by atoms with van der Waals surface area (Å²) >= 11 is 7.57. The number of hydrogen-bond donors (Lipinski definition) is 2. The number of thioether (sulfide) groups is 1. The molecule has 4 nitrogen and oxygen atoms in total. The Morgan fingerprint density at radius 3 is 3.00 bits per heavy atom. The highest BCUT2D eigenvalue weighted by Crippen LogP contribution is 2.22. The van der Waals surface area contributed by atoms with Crippen LogP contribution in [0.5, 0.6) is 0 Å². The van der Waals surface area contributed by atoms with E-state index in [-0.39, 0.29) is 11.1 Å². The van der Waals surface area contributed by atoms with Crippen molar-refractivity contribution in [3.8, 4) is 0 Å². The molecule has 0 aromatic carbocycles. The van der Waals surface area contributed by atoms with Crippen LogP contribution in [0.1, 0.15) is 12.0 Å². The number of carbonyl (C=O) groups excluding carboxylic acids is 1. The molecule has 94 valence electrons. The number of nitrogens with zero attached hydrogens (tertiary/aromatic N) is 1. The minimum Gasteiger partial charge on any atom is -0.322 e. The van der Waals surface area contributed by atoms with Gasteiger partial charge in [0.1, 0.15) is 0 Å². The quantitative estimate of drug-likeness (QED) is 0.806. The van der Waals surface area contributed by atoms with Crippen LogP contribution >= 0.6 is 23.4 Å². The van der Waals surface area contributed by atoms with Crippen molar-refractivity contribution in [3.63, 3.8) is 0 Å². The molecule has 1 rings (SSSR count). The number of nitrogens with two attached hydrogens (primary N) is 1. The Morgan fingerprint density at radius 1 is 1.71 bits per heavy atom. The fraction of sp³-hybridized carbons (Fsp3) is 0.455. The van der Waals surface area contributed by atoms with Crippen LogP contribution in [-0.2, 0) is 4.79 Å². The van der Waals surface area contributed by atoms with E-state index in [1.54, 1.807) is 24.0 Å². The number of amides is 1. The van der Waals surface area contributed by atoms with Gasteiger partial charge in [-0.25, -0.2) is 4.98 Å². The second-order valence-corrected chi connectivity index (χ2v) is 5.01. The number of pyridine rings is 1. The maximum absolute atomic E-state index is 11.8. The van der Waals surface area contributed by atoms with Crippen LogP contribution in [-0.4, -0.2) is 28.9 Å². The third-order valence-corrected chi connectivity index (χ3v) is 3.26. The Labute approximate surface area is 110 Å². The van der Waals surface area contributed by atoms with E-state index in [9.17, 15) is 4.79 Å². The number of halogens is 1. The van der Waals surface area contributed by atoms with Gasteiger partial charge in [-0.15, -0.1) is 0 Å². The fourth-order valence-electron chi connectivity index (χ4n) is 1.27. The number of aromatic nitrogens is 1. The summed E-state index contributed by atoms with van der Waals surface area (Å²) in [5.74, 6) is 0.631. The molecular weight excluding hydrogens is 258 g/mol. The topological polar surface area (TPSA) is 68.0 Å². The summed E-state index contributed by atoms with van der Waals surface area (Å²) in [6.45, 7) is 1.86. The maximum Gasteiger partial charge on any atom is 0.241 e. The third kappa shape index (κ3) is 4.18. The molecular formula is C11H16ClN3OS. The van der Waals surface area contributed by atoms with Gasteiger partial charge in [-0.2, -0.15) is 11.8 Å². The van der Waals surface area contributed by atoms with E-state index in [0.29, 0.717) is 12.1 Å². The molecule has 0 radical (unpaired) electrons. The molecule has 0 fully saturated rings. The highest BCUT2D eigenvalue weighted by molar-refractivity contribution is 7.98. The van der Waals surface area contributed by atoms with Crippen LogP contribution in [0.25, 0.3) is 0 Å².